The van der Waals surface area contributed by atoms with Gasteiger partial charge in [0, 0.05) is 5.39 Å². The van der Waals surface area contributed by atoms with Gasteiger partial charge in [0.15, 0.2) is 5.58 Å². The van der Waals surface area contributed by atoms with Crippen LogP contribution in [0.2, 0.25) is 0 Å². The SMILES string of the molecule is O=c1oc2c[c]ccc2cc1-c1nc2ccccc2o1. The number of nitrogens with zero attached hydrogens (tertiary/aromatic N) is 1. The minimum atomic E-state index is -0.469. The molecule has 0 aliphatic heterocycles. The maximum atomic E-state index is 12.0. The lowest BCUT2D eigenvalue weighted by atomic mass is 10.2. The highest BCUT2D eigenvalue weighted by molar-refractivity contribution is 5.81. The highest BCUT2D eigenvalue weighted by Gasteiger charge is 2.13. The van der Waals surface area contributed by atoms with Crippen molar-refractivity contribution >= 4 is 22.1 Å². The zero-order valence-corrected chi connectivity index (χ0v) is 10.3. The number of benzene rings is 2. The van der Waals surface area contributed by atoms with Crippen LogP contribution in [0.25, 0.3) is 33.5 Å². The molecule has 0 bridgehead atoms. The Morgan fingerprint density at radius 3 is 2.85 bits per heavy atom. The summed E-state index contributed by atoms with van der Waals surface area (Å²) in [7, 11) is 0. The normalized spacial score (nSPS) is 11.2. The van der Waals surface area contributed by atoms with Crippen LogP contribution in [-0.4, -0.2) is 4.98 Å². The third-order valence-electron chi connectivity index (χ3n) is 3.10. The van der Waals surface area contributed by atoms with Gasteiger partial charge in [-0.2, -0.15) is 0 Å². The predicted molar refractivity (Wildman–Crippen MR) is 74.3 cm³/mol. The molecule has 0 fully saturated rings. The summed E-state index contributed by atoms with van der Waals surface area (Å²) in [6.45, 7) is 0. The molecule has 1 radical (unpaired) electrons. The van der Waals surface area contributed by atoms with E-state index >= 15 is 0 Å². The maximum Gasteiger partial charge on any atom is 0.349 e. The van der Waals surface area contributed by atoms with Crippen molar-refractivity contribution in [2.75, 3.05) is 0 Å². The van der Waals surface area contributed by atoms with E-state index in [4.69, 9.17) is 8.83 Å². The van der Waals surface area contributed by atoms with Gasteiger partial charge in [0.2, 0.25) is 5.89 Å². The number of fused-ring (bicyclic) bond motifs is 2. The van der Waals surface area contributed by atoms with Crippen LogP contribution < -0.4 is 5.63 Å². The second-order valence-electron chi connectivity index (χ2n) is 4.40. The molecule has 2 heterocycles. The molecule has 2 aromatic heterocycles. The Balaban J connectivity index is 2.01. The van der Waals surface area contributed by atoms with Gasteiger partial charge in [-0.25, -0.2) is 9.78 Å². The lowest BCUT2D eigenvalue weighted by Gasteiger charge is -1.97. The third-order valence-corrected chi connectivity index (χ3v) is 3.10. The number of hydrogen-bond acceptors (Lipinski definition) is 4. The average Bonchev–Trinajstić information content (AvgIpc) is 2.90. The molecular formula is C16H8NO3. The molecule has 2 aromatic carbocycles. The quantitative estimate of drug-likeness (QED) is 0.493. The largest absolute Gasteiger partial charge is 0.436 e. The molecule has 4 nitrogen and oxygen atoms in total. The van der Waals surface area contributed by atoms with Crippen molar-refractivity contribution in [3.05, 3.63) is 65.0 Å². The van der Waals surface area contributed by atoms with Gasteiger partial charge in [-0.1, -0.05) is 24.3 Å². The van der Waals surface area contributed by atoms with Gasteiger partial charge in [0.25, 0.3) is 0 Å². The minimum absolute atomic E-state index is 0.273. The molecule has 4 aromatic rings. The Hall–Kier alpha value is -2.88. The van der Waals surface area contributed by atoms with Crippen LogP contribution in [0.5, 0.6) is 0 Å². The number of aromatic nitrogens is 1. The first-order chi connectivity index (χ1) is 9.81. The monoisotopic (exact) mass is 262 g/mol. The molecule has 4 rings (SSSR count). The van der Waals surface area contributed by atoms with E-state index in [9.17, 15) is 4.79 Å². The van der Waals surface area contributed by atoms with E-state index in [1.807, 2.05) is 30.3 Å². The van der Waals surface area contributed by atoms with E-state index in [1.165, 1.54) is 0 Å². The van der Waals surface area contributed by atoms with Crippen molar-refractivity contribution in [3.8, 4) is 11.5 Å². The predicted octanol–water partition coefficient (Wildman–Crippen LogP) is 3.40. The van der Waals surface area contributed by atoms with Crippen LogP contribution in [-0.2, 0) is 0 Å². The average molecular weight is 262 g/mol. The van der Waals surface area contributed by atoms with Crippen molar-refractivity contribution in [2.24, 2.45) is 0 Å². The molecule has 0 saturated carbocycles. The van der Waals surface area contributed by atoms with Crippen LogP contribution in [0.4, 0.5) is 0 Å². The van der Waals surface area contributed by atoms with Crippen molar-refractivity contribution < 1.29 is 8.83 Å². The first-order valence-electron chi connectivity index (χ1n) is 6.11. The Morgan fingerprint density at radius 2 is 1.95 bits per heavy atom. The highest BCUT2D eigenvalue weighted by Crippen LogP contribution is 2.24. The fourth-order valence-electron chi connectivity index (χ4n) is 2.14. The standard InChI is InChI=1S/C16H8NO3/c18-16-11(9-10-5-1-3-7-13(10)20-16)15-17-12-6-2-4-8-14(12)19-15/h1-2,4-9H. The molecule has 0 N–H and O–H groups in total. The van der Waals surface area contributed by atoms with Crippen LogP contribution in [0, 0.1) is 6.07 Å². The highest BCUT2D eigenvalue weighted by atomic mass is 16.4. The fourth-order valence-corrected chi connectivity index (χ4v) is 2.14. The molecule has 0 amide bonds. The summed E-state index contributed by atoms with van der Waals surface area (Å²) in [5.41, 5.74) is 1.70. The van der Waals surface area contributed by atoms with Crippen molar-refractivity contribution in [1.29, 1.82) is 0 Å². The summed E-state index contributed by atoms with van der Waals surface area (Å²) in [5, 5.41) is 0.806. The minimum Gasteiger partial charge on any atom is -0.436 e. The number of rotatable bonds is 1. The topological polar surface area (TPSA) is 56.2 Å². The zero-order chi connectivity index (χ0) is 13.5. The van der Waals surface area contributed by atoms with Gasteiger partial charge in [0.1, 0.15) is 16.7 Å². The molecule has 0 saturated heterocycles. The second-order valence-corrected chi connectivity index (χ2v) is 4.40. The Bertz CT molecular complexity index is 949. The molecule has 0 spiro atoms. The van der Waals surface area contributed by atoms with Gasteiger partial charge in [-0.05, 0) is 30.3 Å². The fraction of sp³-hybridized carbons (Fsp3) is 0. The van der Waals surface area contributed by atoms with Crippen molar-refractivity contribution in [3.63, 3.8) is 0 Å². The first kappa shape index (κ1) is 11.0. The molecule has 0 atom stereocenters. The Kier molecular flexibility index (Phi) is 2.23. The van der Waals surface area contributed by atoms with E-state index in [2.05, 4.69) is 11.1 Å². The molecule has 4 heteroatoms. The number of hydrogen-bond donors (Lipinski definition) is 0. The summed E-state index contributed by atoms with van der Waals surface area (Å²) in [6.07, 6.45) is 0. The summed E-state index contributed by atoms with van der Waals surface area (Å²) in [5.74, 6) is 0.273. The van der Waals surface area contributed by atoms with Gasteiger partial charge in [-0.15, -0.1) is 0 Å². The summed E-state index contributed by atoms with van der Waals surface area (Å²) in [6, 6.07) is 17.2. The molecule has 20 heavy (non-hydrogen) atoms. The van der Waals surface area contributed by atoms with Crippen LogP contribution in [0.1, 0.15) is 0 Å². The van der Waals surface area contributed by atoms with E-state index in [0.29, 0.717) is 22.2 Å². The molecular weight excluding hydrogens is 254 g/mol. The third kappa shape index (κ3) is 1.62. The molecule has 95 valence electrons. The maximum absolute atomic E-state index is 12.0. The van der Waals surface area contributed by atoms with Gasteiger partial charge >= 0.3 is 5.63 Å². The molecule has 0 aliphatic carbocycles. The Labute approximate surface area is 113 Å². The van der Waals surface area contributed by atoms with E-state index < -0.39 is 5.63 Å². The summed E-state index contributed by atoms with van der Waals surface area (Å²) in [4.78, 5) is 16.3. The van der Waals surface area contributed by atoms with Gasteiger partial charge in [-0.3, -0.25) is 0 Å². The van der Waals surface area contributed by atoms with E-state index in [0.717, 1.165) is 5.39 Å². The number of oxazole rings is 1. The Morgan fingerprint density at radius 1 is 1.05 bits per heavy atom. The first-order valence-corrected chi connectivity index (χ1v) is 6.11. The van der Waals surface area contributed by atoms with Crippen LogP contribution in [0.3, 0.4) is 0 Å². The summed E-state index contributed by atoms with van der Waals surface area (Å²) >= 11 is 0. The van der Waals surface area contributed by atoms with E-state index in [-0.39, 0.29) is 5.89 Å². The molecule has 0 aliphatic rings. The van der Waals surface area contributed by atoms with Crippen molar-refractivity contribution in [1.82, 2.24) is 4.98 Å². The summed E-state index contributed by atoms with van der Waals surface area (Å²) < 4.78 is 10.9. The van der Waals surface area contributed by atoms with Gasteiger partial charge < -0.3 is 8.83 Å². The van der Waals surface area contributed by atoms with E-state index in [1.54, 1.807) is 18.2 Å². The lowest BCUT2D eigenvalue weighted by Crippen LogP contribution is -2.02. The van der Waals surface area contributed by atoms with Crippen LogP contribution in [0.15, 0.2) is 62.2 Å². The lowest BCUT2D eigenvalue weighted by molar-refractivity contribution is 0.553. The van der Waals surface area contributed by atoms with Crippen molar-refractivity contribution in [2.45, 2.75) is 0 Å². The smallest absolute Gasteiger partial charge is 0.349 e. The number of para-hydroxylation sites is 2. The molecule has 0 unspecified atom stereocenters. The second kappa shape index (κ2) is 4.06. The zero-order valence-electron chi connectivity index (χ0n) is 10.3. The van der Waals surface area contributed by atoms with Crippen LogP contribution >= 0.6 is 0 Å². The van der Waals surface area contributed by atoms with Gasteiger partial charge in [0.05, 0.1) is 0 Å².